The van der Waals surface area contributed by atoms with Gasteiger partial charge in [-0.2, -0.15) is 0 Å². The van der Waals surface area contributed by atoms with Crippen molar-refractivity contribution in [3.05, 3.63) is 0 Å². The van der Waals surface area contributed by atoms with Crippen LogP contribution in [0.3, 0.4) is 0 Å². The van der Waals surface area contributed by atoms with Crippen LogP contribution in [0.15, 0.2) is 0 Å². The van der Waals surface area contributed by atoms with Crippen molar-refractivity contribution in [3.63, 3.8) is 0 Å². The molecular formula is C13H24N2O2. The Balaban J connectivity index is 2.07. The van der Waals surface area contributed by atoms with Crippen molar-refractivity contribution in [1.29, 1.82) is 0 Å². The predicted octanol–water partition coefficient (Wildman–Crippen LogP) is 1.14. The second-order valence-corrected chi connectivity index (χ2v) is 5.15. The molecule has 0 aromatic rings. The Morgan fingerprint density at radius 3 is 2.71 bits per heavy atom. The fourth-order valence-corrected chi connectivity index (χ4v) is 3.37. The average Bonchev–Trinajstić information content (AvgIpc) is 2.78. The van der Waals surface area contributed by atoms with Gasteiger partial charge in [-0.05, 0) is 31.8 Å². The van der Waals surface area contributed by atoms with E-state index < -0.39 is 0 Å². The van der Waals surface area contributed by atoms with Crippen LogP contribution in [0.1, 0.15) is 39.0 Å². The molecule has 1 aliphatic carbocycles. The van der Waals surface area contributed by atoms with E-state index >= 15 is 0 Å². The summed E-state index contributed by atoms with van der Waals surface area (Å²) in [5.41, 5.74) is 5.88. The molecule has 1 heterocycles. The molecule has 4 nitrogen and oxygen atoms in total. The molecule has 1 aliphatic heterocycles. The van der Waals surface area contributed by atoms with Gasteiger partial charge in [-0.25, -0.2) is 0 Å². The quantitative estimate of drug-likeness (QED) is 0.749. The smallest absolute Gasteiger partial charge is 0.323 e. The topological polar surface area (TPSA) is 55.6 Å². The minimum absolute atomic E-state index is 0.0165. The van der Waals surface area contributed by atoms with E-state index in [4.69, 9.17) is 10.5 Å². The molecule has 2 aliphatic rings. The second-order valence-electron chi connectivity index (χ2n) is 5.15. The Kier molecular flexibility index (Phi) is 4.40. The lowest BCUT2D eigenvalue weighted by atomic mass is 9.83. The van der Waals surface area contributed by atoms with Crippen LogP contribution in [-0.4, -0.2) is 42.6 Å². The lowest BCUT2D eigenvalue weighted by Gasteiger charge is -2.41. The van der Waals surface area contributed by atoms with E-state index in [1.54, 1.807) is 0 Å². The number of hydrogen-bond donors (Lipinski definition) is 1. The van der Waals surface area contributed by atoms with Crippen LogP contribution in [0.25, 0.3) is 0 Å². The van der Waals surface area contributed by atoms with E-state index in [0.717, 1.165) is 19.5 Å². The minimum Gasteiger partial charge on any atom is -0.464 e. The highest BCUT2D eigenvalue weighted by Crippen LogP contribution is 2.30. The van der Waals surface area contributed by atoms with Gasteiger partial charge in [0.25, 0.3) is 0 Å². The molecule has 4 heteroatoms. The minimum atomic E-state index is -0.0341. The summed E-state index contributed by atoms with van der Waals surface area (Å²) in [7, 11) is 0. The van der Waals surface area contributed by atoms with Crippen LogP contribution in [0.2, 0.25) is 0 Å². The molecule has 3 atom stereocenters. The summed E-state index contributed by atoms with van der Waals surface area (Å²) in [6.45, 7) is 4.37. The Morgan fingerprint density at radius 1 is 1.35 bits per heavy atom. The van der Waals surface area contributed by atoms with Gasteiger partial charge in [0.15, 0.2) is 0 Å². The van der Waals surface area contributed by atoms with Gasteiger partial charge in [0.05, 0.1) is 6.61 Å². The first-order valence-electron chi connectivity index (χ1n) is 6.90. The molecule has 0 aromatic heterocycles. The summed E-state index contributed by atoms with van der Waals surface area (Å²) < 4.78 is 5.10. The van der Waals surface area contributed by atoms with Gasteiger partial charge in [0.2, 0.25) is 0 Å². The molecule has 0 aromatic carbocycles. The number of rotatable bonds is 4. The summed E-state index contributed by atoms with van der Waals surface area (Å²) in [6.07, 6.45) is 5.78. The van der Waals surface area contributed by atoms with Crippen molar-refractivity contribution in [3.8, 4) is 0 Å². The van der Waals surface area contributed by atoms with E-state index in [1.165, 1.54) is 25.7 Å². The van der Waals surface area contributed by atoms with E-state index in [-0.39, 0.29) is 12.0 Å². The molecule has 3 unspecified atom stereocenters. The zero-order valence-electron chi connectivity index (χ0n) is 10.7. The van der Waals surface area contributed by atoms with E-state index in [2.05, 4.69) is 11.8 Å². The molecule has 2 fully saturated rings. The van der Waals surface area contributed by atoms with Crippen LogP contribution < -0.4 is 5.73 Å². The molecule has 2 rings (SSSR count). The van der Waals surface area contributed by atoms with E-state index in [1.807, 2.05) is 0 Å². The average molecular weight is 240 g/mol. The Morgan fingerprint density at radius 2 is 2.12 bits per heavy atom. The van der Waals surface area contributed by atoms with E-state index in [9.17, 15) is 4.79 Å². The first kappa shape index (κ1) is 12.8. The normalized spacial score (nSPS) is 34.1. The monoisotopic (exact) mass is 240 g/mol. The Bertz CT molecular complexity index is 270. The molecule has 0 radical (unpaired) electrons. The van der Waals surface area contributed by atoms with Crippen molar-refractivity contribution in [1.82, 2.24) is 4.90 Å². The number of esters is 1. The summed E-state index contributed by atoms with van der Waals surface area (Å²) in [5.74, 6) is 0.519. The molecule has 1 saturated carbocycles. The molecule has 0 amide bonds. The first-order valence-corrected chi connectivity index (χ1v) is 6.90. The number of cyclic esters (lactones) is 1. The number of ether oxygens (including phenoxy) is 1. The number of likely N-dealkylation sites (N-methyl/N-ethyl adjacent to an activating group) is 1. The van der Waals surface area contributed by atoms with E-state index in [0.29, 0.717) is 18.6 Å². The van der Waals surface area contributed by atoms with Crippen LogP contribution >= 0.6 is 0 Å². The van der Waals surface area contributed by atoms with Crippen LogP contribution in [0, 0.1) is 5.92 Å². The molecule has 2 N–H and O–H groups in total. The third kappa shape index (κ3) is 2.63. The lowest BCUT2D eigenvalue weighted by Crippen LogP contribution is -2.51. The fraction of sp³-hybridized carbons (Fsp3) is 0.923. The third-order valence-electron chi connectivity index (χ3n) is 4.27. The number of carbonyl (C=O) groups excluding carboxylic acids is 1. The largest absolute Gasteiger partial charge is 0.464 e. The van der Waals surface area contributed by atoms with Crippen LogP contribution in [0.4, 0.5) is 0 Å². The second kappa shape index (κ2) is 5.83. The molecular weight excluding hydrogens is 216 g/mol. The van der Waals surface area contributed by atoms with Gasteiger partial charge in [-0.15, -0.1) is 0 Å². The van der Waals surface area contributed by atoms with Gasteiger partial charge >= 0.3 is 5.97 Å². The van der Waals surface area contributed by atoms with Gasteiger partial charge in [-0.3, -0.25) is 9.69 Å². The molecule has 17 heavy (non-hydrogen) atoms. The highest BCUT2D eigenvalue weighted by Gasteiger charge is 2.38. The van der Waals surface area contributed by atoms with Crippen molar-refractivity contribution in [2.45, 2.75) is 51.1 Å². The van der Waals surface area contributed by atoms with Crippen molar-refractivity contribution < 1.29 is 9.53 Å². The zero-order chi connectivity index (χ0) is 12.3. The summed E-state index contributed by atoms with van der Waals surface area (Å²) in [5, 5.41) is 0. The van der Waals surface area contributed by atoms with Crippen molar-refractivity contribution in [2.75, 3.05) is 19.7 Å². The SMILES string of the molecule is CCN(C1CCOC1=O)C1CCCCC1CN. The summed E-state index contributed by atoms with van der Waals surface area (Å²) >= 11 is 0. The predicted molar refractivity (Wildman–Crippen MR) is 66.5 cm³/mol. The fourth-order valence-electron chi connectivity index (χ4n) is 3.37. The summed E-state index contributed by atoms with van der Waals surface area (Å²) in [6, 6.07) is 0.464. The first-order chi connectivity index (χ1) is 8.27. The Hall–Kier alpha value is -0.610. The number of nitrogens with two attached hydrogens (primary N) is 1. The third-order valence-corrected chi connectivity index (χ3v) is 4.27. The van der Waals surface area contributed by atoms with Gasteiger partial charge < -0.3 is 10.5 Å². The van der Waals surface area contributed by atoms with Crippen LogP contribution in [-0.2, 0) is 9.53 Å². The maximum Gasteiger partial charge on any atom is 0.323 e. The molecule has 0 spiro atoms. The maximum absolute atomic E-state index is 11.7. The van der Waals surface area contributed by atoms with Crippen molar-refractivity contribution in [2.24, 2.45) is 11.7 Å². The summed E-state index contributed by atoms with van der Waals surface area (Å²) in [4.78, 5) is 14.1. The maximum atomic E-state index is 11.7. The molecule has 0 bridgehead atoms. The number of carbonyl (C=O) groups is 1. The van der Waals surface area contributed by atoms with Gasteiger partial charge in [0, 0.05) is 12.5 Å². The highest BCUT2D eigenvalue weighted by atomic mass is 16.5. The number of nitrogens with zero attached hydrogens (tertiary/aromatic N) is 1. The van der Waals surface area contributed by atoms with Crippen LogP contribution in [0.5, 0.6) is 0 Å². The lowest BCUT2D eigenvalue weighted by molar-refractivity contribution is -0.143. The number of hydrogen-bond acceptors (Lipinski definition) is 4. The molecule has 98 valence electrons. The zero-order valence-corrected chi connectivity index (χ0v) is 10.7. The molecule has 1 saturated heterocycles. The van der Waals surface area contributed by atoms with Gasteiger partial charge in [0.1, 0.15) is 6.04 Å². The van der Waals surface area contributed by atoms with Crippen molar-refractivity contribution >= 4 is 5.97 Å². The standard InChI is InChI=1S/C13H24N2O2/c1-2-15(12-7-8-17-13(12)16)11-6-4-3-5-10(11)9-14/h10-12H,2-9,14H2,1H3. The van der Waals surface area contributed by atoms with Gasteiger partial charge in [-0.1, -0.05) is 19.8 Å². The highest BCUT2D eigenvalue weighted by molar-refractivity contribution is 5.77. The Labute approximate surface area is 103 Å².